The van der Waals surface area contributed by atoms with Crippen molar-refractivity contribution in [3.63, 3.8) is 0 Å². The second-order valence-electron chi connectivity index (χ2n) is 2.16. The summed E-state index contributed by atoms with van der Waals surface area (Å²) in [5, 5.41) is 0. The molecule has 55 valence electrons. The van der Waals surface area contributed by atoms with E-state index < -0.39 is 0 Å². The van der Waals surface area contributed by atoms with Crippen LogP contribution >= 0.6 is 0 Å². The van der Waals surface area contributed by atoms with E-state index in [1.165, 1.54) is 0 Å². The molecule has 0 aromatic rings. The lowest BCUT2D eigenvalue weighted by Crippen LogP contribution is -1.57. The molecule has 0 N–H and O–H groups in total. The second-order valence-corrected chi connectivity index (χ2v) is 2.16. The minimum absolute atomic E-state index is 0.884. The molecule has 0 heteroatoms. The molecule has 0 spiro atoms. The Morgan fingerprint density at radius 1 is 0.727 bits per heavy atom. The molecule has 1 rings (SSSR count). The zero-order chi connectivity index (χ0) is 7.78. The molecule has 0 nitrogen and oxygen atoms in total. The highest BCUT2D eigenvalue weighted by atomic mass is 13.8. The van der Waals surface area contributed by atoms with Crippen molar-refractivity contribution < 1.29 is 0 Å². The summed E-state index contributed by atoms with van der Waals surface area (Å²) in [5.74, 6) is 0. The van der Waals surface area contributed by atoms with Gasteiger partial charge in [-0.15, -0.1) is 0 Å². The van der Waals surface area contributed by atoms with Crippen LogP contribution in [0.2, 0.25) is 0 Å². The van der Waals surface area contributed by atoms with E-state index in [1.807, 2.05) is 48.6 Å². The Morgan fingerprint density at radius 3 is 2.18 bits per heavy atom. The van der Waals surface area contributed by atoms with Gasteiger partial charge in [-0.1, -0.05) is 54.7 Å². The Hall–Kier alpha value is -1.30. The van der Waals surface area contributed by atoms with E-state index >= 15 is 0 Å². The van der Waals surface area contributed by atoms with Gasteiger partial charge >= 0.3 is 0 Å². The first-order chi connectivity index (χ1) is 5.50. The fourth-order valence-corrected chi connectivity index (χ4v) is 0.727. The Labute approximate surface area is 67.9 Å². The van der Waals surface area contributed by atoms with E-state index in [0.717, 1.165) is 6.42 Å². The van der Waals surface area contributed by atoms with Crippen molar-refractivity contribution in [2.75, 3.05) is 0 Å². The topological polar surface area (TPSA) is 0 Å². The molecular weight excluding hydrogens is 132 g/mol. The summed E-state index contributed by atoms with van der Waals surface area (Å²) < 4.78 is 0. The molecule has 0 heterocycles. The lowest BCUT2D eigenvalue weighted by molar-refractivity contribution is 1.34. The van der Waals surface area contributed by atoms with Gasteiger partial charge in [-0.2, -0.15) is 0 Å². The van der Waals surface area contributed by atoms with Crippen LogP contribution in [-0.2, 0) is 0 Å². The predicted octanol–water partition coefficient (Wildman–Crippen LogP) is 2.97. The van der Waals surface area contributed by atoms with Crippen LogP contribution in [0.25, 0.3) is 0 Å². The summed E-state index contributed by atoms with van der Waals surface area (Å²) in [7, 11) is 0. The summed E-state index contributed by atoms with van der Waals surface area (Å²) in [6, 6.07) is 0. The summed E-state index contributed by atoms with van der Waals surface area (Å²) >= 11 is 0. The zero-order valence-electron chi connectivity index (χ0n) is 6.40. The summed E-state index contributed by atoms with van der Waals surface area (Å²) in [6.45, 7) is 0. The maximum atomic E-state index is 3.12. The molecule has 0 unspecified atom stereocenters. The van der Waals surface area contributed by atoms with E-state index in [4.69, 9.17) is 0 Å². The third-order valence-electron chi connectivity index (χ3n) is 1.25. The average Bonchev–Trinajstić information content (AvgIpc) is 2.08. The highest BCUT2D eigenvalue weighted by Gasteiger charge is 1.70. The van der Waals surface area contributed by atoms with Crippen molar-refractivity contribution in [3.8, 4) is 0 Å². The lowest BCUT2D eigenvalue weighted by Gasteiger charge is -1.75. The Bertz CT molecular complexity index is 200. The first-order valence-electron chi connectivity index (χ1n) is 3.72. The highest BCUT2D eigenvalue weighted by Crippen LogP contribution is 1.90. The molecule has 0 fully saturated rings. The van der Waals surface area contributed by atoms with Gasteiger partial charge < -0.3 is 0 Å². The van der Waals surface area contributed by atoms with Crippen LogP contribution in [-0.4, -0.2) is 0 Å². The van der Waals surface area contributed by atoms with Gasteiger partial charge in [-0.05, 0) is 12.5 Å². The van der Waals surface area contributed by atoms with Gasteiger partial charge in [0.05, 0.1) is 0 Å². The molecule has 1 radical (unpaired) electrons. The number of rotatable bonds is 0. The lowest BCUT2D eigenvalue weighted by atomic mass is 10.3. The zero-order valence-corrected chi connectivity index (χ0v) is 6.40. The molecule has 0 saturated heterocycles. The van der Waals surface area contributed by atoms with Crippen LogP contribution in [0.5, 0.6) is 0 Å². The predicted molar refractivity (Wildman–Crippen MR) is 49.0 cm³/mol. The smallest absolute Gasteiger partial charge is 0.00915 e. The van der Waals surface area contributed by atoms with Gasteiger partial charge in [0.1, 0.15) is 0 Å². The van der Waals surface area contributed by atoms with E-state index in [1.54, 1.807) is 0 Å². The highest BCUT2D eigenvalue weighted by molar-refractivity contribution is 5.18. The van der Waals surface area contributed by atoms with Crippen LogP contribution in [0.4, 0.5) is 0 Å². The van der Waals surface area contributed by atoms with Gasteiger partial charge in [0, 0.05) is 0 Å². The van der Waals surface area contributed by atoms with Gasteiger partial charge in [0.25, 0.3) is 0 Å². The standard InChI is InChI=1S/C11H11/c1-2-4-6-8-10-11-9-7-5-3-1/h1-9H,10H2/b3-1-,4-2-,7-5-,8-6-,11-9?. The normalized spacial score (nSPS) is 31.3. The van der Waals surface area contributed by atoms with Crippen LogP contribution < -0.4 is 0 Å². The molecule has 11 heavy (non-hydrogen) atoms. The van der Waals surface area contributed by atoms with Crippen molar-refractivity contribution in [1.82, 2.24) is 0 Å². The minimum Gasteiger partial charge on any atom is -0.0801 e. The van der Waals surface area contributed by atoms with Gasteiger partial charge in [0.15, 0.2) is 0 Å². The molecule has 0 atom stereocenters. The summed E-state index contributed by atoms with van der Waals surface area (Å²) in [4.78, 5) is 0. The first kappa shape index (κ1) is 7.80. The van der Waals surface area contributed by atoms with Crippen LogP contribution in [0, 0.1) is 6.08 Å². The molecular formula is C11H11. The van der Waals surface area contributed by atoms with Crippen molar-refractivity contribution in [2.45, 2.75) is 6.42 Å². The van der Waals surface area contributed by atoms with Crippen molar-refractivity contribution in [1.29, 1.82) is 0 Å². The van der Waals surface area contributed by atoms with E-state index in [9.17, 15) is 0 Å². The van der Waals surface area contributed by atoms with Gasteiger partial charge in [-0.3, -0.25) is 0 Å². The SMILES string of the molecule is [C]1=C/C=C\C=C/C=C\C=C/C\1. The van der Waals surface area contributed by atoms with Gasteiger partial charge in [-0.25, -0.2) is 0 Å². The summed E-state index contributed by atoms with van der Waals surface area (Å²) in [6.07, 6.45) is 22.0. The largest absolute Gasteiger partial charge is 0.0801 e. The Morgan fingerprint density at radius 2 is 1.36 bits per heavy atom. The minimum atomic E-state index is 0.884. The third-order valence-corrected chi connectivity index (χ3v) is 1.25. The molecule has 1 aliphatic carbocycles. The van der Waals surface area contributed by atoms with E-state index in [0.29, 0.717) is 0 Å². The second kappa shape index (κ2) is 5.48. The average molecular weight is 143 g/mol. The fourth-order valence-electron chi connectivity index (χ4n) is 0.727. The monoisotopic (exact) mass is 143 g/mol. The Balaban J connectivity index is 2.61. The molecule has 0 bridgehead atoms. The van der Waals surface area contributed by atoms with Crippen molar-refractivity contribution in [2.24, 2.45) is 0 Å². The molecule has 0 aromatic carbocycles. The van der Waals surface area contributed by atoms with Crippen molar-refractivity contribution >= 4 is 0 Å². The first-order valence-corrected chi connectivity index (χ1v) is 3.72. The number of hydrogen-bond acceptors (Lipinski definition) is 0. The van der Waals surface area contributed by atoms with Crippen LogP contribution in [0.3, 0.4) is 0 Å². The number of hydrogen-bond donors (Lipinski definition) is 0. The summed E-state index contributed by atoms with van der Waals surface area (Å²) in [5.41, 5.74) is 0. The van der Waals surface area contributed by atoms with Crippen molar-refractivity contribution in [3.05, 3.63) is 60.8 Å². The fraction of sp³-hybridized carbons (Fsp3) is 0.0909. The van der Waals surface area contributed by atoms with E-state index in [-0.39, 0.29) is 0 Å². The van der Waals surface area contributed by atoms with Crippen LogP contribution in [0.1, 0.15) is 6.42 Å². The van der Waals surface area contributed by atoms with Gasteiger partial charge in [0.2, 0.25) is 0 Å². The maximum Gasteiger partial charge on any atom is -0.00915 e. The molecule has 0 amide bonds. The van der Waals surface area contributed by atoms with Crippen LogP contribution in [0.15, 0.2) is 54.7 Å². The number of allylic oxidation sites excluding steroid dienone is 10. The third kappa shape index (κ3) is 4.15. The molecule has 0 aromatic heterocycles. The molecule has 1 aliphatic rings. The molecule has 0 saturated carbocycles. The van der Waals surface area contributed by atoms with E-state index in [2.05, 4.69) is 12.2 Å². The quantitative estimate of drug-likeness (QED) is 0.489. The maximum absolute atomic E-state index is 3.12. The Kier molecular flexibility index (Phi) is 3.89. The molecule has 0 aliphatic heterocycles.